The van der Waals surface area contributed by atoms with Crippen molar-refractivity contribution in [3.05, 3.63) is 29.8 Å². The molecule has 1 saturated carbocycles. The van der Waals surface area contributed by atoms with E-state index >= 15 is 0 Å². The van der Waals surface area contributed by atoms with Gasteiger partial charge in [-0.1, -0.05) is 44.7 Å². The molecule has 0 aliphatic heterocycles. The maximum absolute atomic E-state index is 9.83. The molecule has 2 nitrogen and oxygen atoms in total. The normalized spacial score (nSPS) is 18.9. The SMILES string of the molecule is CC[C@H](O)c1ccc(N(C)C2CCCCCC2)cc1. The third-order valence-electron chi connectivity index (χ3n) is 4.44. The van der Waals surface area contributed by atoms with Crippen LogP contribution in [-0.4, -0.2) is 18.2 Å². The summed E-state index contributed by atoms with van der Waals surface area (Å²) in [5.41, 5.74) is 2.31. The molecule has 1 atom stereocenters. The zero-order valence-electron chi connectivity index (χ0n) is 12.3. The Morgan fingerprint density at radius 3 is 2.21 bits per heavy atom. The summed E-state index contributed by atoms with van der Waals surface area (Å²) >= 11 is 0. The summed E-state index contributed by atoms with van der Waals surface area (Å²) in [4.78, 5) is 2.42. The Morgan fingerprint density at radius 1 is 1.11 bits per heavy atom. The average molecular weight is 261 g/mol. The van der Waals surface area contributed by atoms with E-state index in [9.17, 15) is 5.11 Å². The molecular formula is C17H27NO. The first-order chi connectivity index (χ1) is 9.22. The standard InChI is InChI=1S/C17H27NO/c1-3-17(19)14-10-12-16(13-11-14)18(2)15-8-6-4-5-7-9-15/h10-13,15,17,19H,3-9H2,1-2H3/t17-/m0/s1. The summed E-state index contributed by atoms with van der Waals surface area (Å²) in [6.07, 6.45) is 8.60. The lowest BCUT2D eigenvalue weighted by Gasteiger charge is -2.29. The van der Waals surface area contributed by atoms with E-state index in [2.05, 4.69) is 36.2 Å². The van der Waals surface area contributed by atoms with Crippen molar-refractivity contribution in [3.8, 4) is 0 Å². The van der Waals surface area contributed by atoms with E-state index in [1.807, 2.05) is 6.92 Å². The number of aliphatic hydroxyl groups excluding tert-OH is 1. The van der Waals surface area contributed by atoms with E-state index in [4.69, 9.17) is 0 Å². The Bertz CT molecular complexity index is 365. The van der Waals surface area contributed by atoms with Crippen LogP contribution in [0.4, 0.5) is 5.69 Å². The molecule has 19 heavy (non-hydrogen) atoms. The number of hydrogen-bond acceptors (Lipinski definition) is 2. The molecular weight excluding hydrogens is 234 g/mol. The van der Waals surface area contributed by atoms with Gasteiger partial charge in [0.05, 0.1) is 6.10 Å². The Kier molecular flexibility index (Phi) is 5.26. The van der Waals surface area contributed by atoms with Crippen molar-refractivity contribution >= 4 is 5.69 Å². The van der Waals surface area contributed by atoms with Gasteiger partial charge in [0.1, 0.15) is 0 Å². The summed E-state index contributed by atoms with van der Waals surface area (Å²) in [5, 5.41) is 9.83. The Hall–Kier alpha value is -1.02. The second kappa shape index (κ2) is 6.95. The highest BCUT2D eigenvalue weighted by molar-refractivity contribution is 5.48. The van der Waals surface area contributed by atoms with E-state index in [0.717, 1.165) is 12.0 Å². The fourth-order valence-electron chi connectivity index (χ4n) is 3.02. The summed E-state index contributed by atoms with van der Waals surface area (Å²) in [6.45, 7) is 2.01. The third-order valence-corrected chi connectivity index (χ3v) is 4.44. The maximum atomic E-state index is 9.83. The van der Waals surface area contributed by atoms with Gasteiger partial charge in [-0.05, 0) is 37.0 Å². The van der Waals surface area contributed by atoms with Crippen molar-refractivity contribution in [2.75, 3.05) is 11.9 Å². The molecule has 0 bridgehead atoms. The van der Waals surface area contributed by atoms with Crippen LogP contribution in [0.15, 0.2) is 24.3 Å². The van der Waals surface area contributed by atoms with Crippen molar-refractivity contribution in [1.82, 2.24) is 0 Å². The minimum atomic E-state index is -0.322. The van der Waals surface area contributed by atoms with Gasteiger partial charge in [-0.3, -0.25) is 0 Å². The van der Waals surface area contributed by atoms with Crippen molar-refractivity contribution < 1.29 is 5.11 Å². The molecule has 0 amide bonds. The number of anilines is 1. The van der Waals surface area contributed by atoms with E-state index in [0.29, 0.717) is 6.04 Å². The fourth-order valence-corrected chi connectivity index (χ4v) is 3.02. The van der Waals surface area contributed by atoms with Crippen molar-refractivity contribution in [2.45, 2.75) is 64.0 Å². The first kappa shape index (κ1) is 14.4. The fraction of sp³-hybridized carbons (Fsp3) is 0.647. The molecule has 0 spiro atoms. The number of rotatable bonds is 4. The van der Waals surface area contributed by atoms with Crippen molar-refractivity contribution in [2.24, 2.45) is 0 Å². The Labute approximate surface area is 117 Å². The molecule has 0 aromatic heterocycles. The van der Waals surface area contributed by atoms with Crippen LogP contribution in [0.2, 0.25) is 0 Å². The van der Waals surface area contributed by atoms with Crippen molar-refractivity contribution in [1.29, 1.82) is 0 Å². The van der Waals surface area contributed by atoms with Crippen LogP contribution in [0.5, 0.6) is 0 Å². The topological polar surface area (TPSA) is 23.5 Å². The average Bonchev–Trinajstić information content (AvgIpc) is 2.75. The van der Waals surface area contributed by atoms with Crippen molar-refractivity contribution in [3.63, 3.8) is 0 Å². The molecule has 2 rings (SSSR count). The van der Waals surface area contributed by atoms with Crippen LogP contribution in [0, 0.1) is 0 Å². The van der Waals surface area contributed by atoms with Gasteiger partial charge in [-0.15, -0.1) is 0 Å². The zero-order chi connectivity index (χ0) is 13.7. The highest BCUT2D eigenvalue weighted by Gasteiger charge is 2.17. The second-order valence-corrected chi connectivity index (χ2v) is 5.77. The molecule has 1 N–H and O–H groups in total. The quantitative estimate of drug-likeness (QED) is 0.817. The minimum Gasteiger partial charge on any atom is -0.388 e. The molecule has 0 saturated heterocycles. The lowest BCUT2D eigenvalue weighted by Crippen LogP contribution is -2.30. The molecule has 1 fully saturated rings. The largest absolute Gasteiger partial charge is 0.388 e. The van der Waals surface area contributed by atoms with Crippen LogP contribution in [-0.2, 0) is 0 Å². The van der Waals surface area contributed by atoms with Gasteiger partial charge in [-0.2, -0.15) is 0 Å². The Morgan fingerprint density at radius 2 is 1.68 bits per heavy atom. The van der Waals surface area contributed by atoms with E-state index < -0.39 is 0 Å². The first-order valence-corrected chi connectivity index (χ1v) is 7.73. The molecule has 1 aliphatic carbocycles. The van der Waals surface area contributed by atoms with Gasteiger partial charge in [0.2, 0.25) is 0 Å². The van der Waals surface area contributed by atoms with Gasteiger partial charge in [0, 0.05) is 18.8 Å². The molecule has 0 radical (unpaired) electrons. The molecule has 0 unspecified atom stereocenters. The summed E-state index contributed by atoms with van der Waals surface area (Å²) in [6, 6.07) is 9.12. The smallest absolute Gasteiger partial charge is 0.0787 e. The van der Waals surface area contributed by atoms with E-state index in [1.54, 1.807) is 0 Å². The van der Waals surface area contributed by atoms with Crippen LogP contribution in [0.3, 0.4) is 0 Å². The minimum absolute atomic E-state index is 0.322. The lowest BCUT2D eigenvalue weighted by atomic mass is 10.0. The van der Waals surface area contributed by atoms with Crippen LogP contribution in [0.1, 0.15) is 63.5 Å². The Balaban J connectivity index is 2.03. The van der Waals surface area contributed by atoms with Gasteiger partial charge in [0.25, 0.3) is 0 Å². The molecule has 2 heteroatoms. The van der Waals surface area contributed by atoms with Gasteiger partial charge >= 0.3 is 0 Å². The monoisotopic (exact) mass is 261 g/mol. The summed E-state index contributed by atoms with van der Waals surface area (Å²) in [5.74, 6) is 0. The molecule has 1 aromatic rings. The summed E-state index contributed by atoms with van der Waals surface area (Å²) < 4.78 is 0. The molecule has 106 valence electrons. The number of hydrogen-bond donors (Lipinski definition) is 1. The number of benzene rings is 1. The highest BCUT2D eigenvalue weighted by Crippen LogP contribution is 2.26. The van der Waals surface area contributed by atoms with Gasteiger partial charge in [0.15, 0.2) is 0 Å². The molecule has 0 heterocycles. The number of aliphatic hydroxyl groups is 1. The predicted octanol–water partition coefficient (Wildman–Crippen LogP) is 4.29. The van der Waals surface area contributed by atoms with E-state index in [1.165, 1.54) is 44.2 Å². The van der Waals surface area contributed by atoms with Crippen LogP contribution in [0.25, 0.3) is 0 Å². The lowest BCUT2D eigenvalue weighted by molar-refractivity contribution is 0.173. The van der Waals surface area contributed by atoms with Crippen LogP contribution >= 0.6 is 0 Å². The second-order valence-electron chi connectivity index (χ2n) is 5.77. The van der Waals surface area contributed by atoms with E-state index in [-0.39, 0.29) is 6.10 Å². The number of nitrogens with zero attached hydrogens (tertiary/aromatic N) is 1. The molecule has 1 aromatic carbocycles. The van der Waals surface area contributed by atoms with Crippen LogP contribution < -0.4 is 4.90 Å². The van der Waals surface area contributed by atoms with Gasteiger partial charge in [-0.25, -0.2) is 0 Å². The first-order valence-electron chi connectivity index (χ1n) is 7.73. The van der Waals surface area contributed by atoms with Gasteiger partial charge < -0.3 is 10.0 Å². The zero-order valence-corrected chi connectivity index (χ0v) is 12.3. The maximum Gasteiger partial charge on any atom is 0.0787 e. The highest BCUT2D eigenvalue weighted by atomic mass is 16.3. The summed E-state index contributed by atoms with van der Waals surface area (Å²) in [7, 11) is 2.21. The third kappa shape index (κ3) is 3.73. The predicted molar refractivity (Wildman–Crippen MR) is 81.6 cm³/mol. The molecule has 1 aliphatic rings.